The number of non-ortho nitro benzene ring substituents is 1. The van der Waals surface area contributed by atoms with Crippen molar-refractivity contribution in [1.82, 2.24) is 0 Å². The van der Waals surface area contributed by atoms with Gasteiger partial charge in [0.25, 0.3) is 11.6 Å². The van der Waals surface area contributed by atoms with Gasteiger partial charge in [0.1, 0.15) is 5.75 Å². The monoisotopic (exact) mass is 336 g/mol. The Morgan fingerprint density at radius 3 is 2.40 bits per heavy atom. The minimum absolute atomic E-state index is 0.0774. The van der Waals surface area contributed by atoms with Gasteiger partial charge in [0.15, 0.2) is 0 Å². The van der Waals surface area contributed by atoms with Crippen LogP contribution in [0, 0.1) is 17.0 Å². The second-order valence-electron chi connectivity index (χ2n) is 5.61. The summed E-state index contributed by atoms with van der Waals surface area (Å²) in [5.41, 5.74) is 1.42. The number of carbonyl (C=O) groups excluding carboxylic acids is 1. The molecule has 0 heterocycles. The van der Waals surface area contributed by atoms with Gasteiger partial charge in [-0.05, 0) is 35.4 Å². The van der Waals surface area contributed by atoms with Crippen LogP contribution in [0.5, 0.6) is 5.75 Å². The van der Waals surface area contributed by atoms with Crippen molar-refractivity contribution in [3.8, 4) is 5.75 Å². The van der Waals surface area contributed by atoms with Gasteiger partial charge in [0.2, 0.25) is 0 Å². The molecule has 3 aromatic rings. The quantitative estimate of drug-likeness (QED) is 0.568. The lowest BCUT2D eigenvalue weighted by atomic mass is 10.0. The molecule has 0 spiro atoms. The van der Waals surface area contributed by atoms with Crippen LogP contribution in [0.1, 0.15) is 15.9 Å². The molecule has 3 rings (SSSR count). The molecular formula is C19H16N2O4. The van der Waals surface area contributed by atoms with E-state index in [4.69, 9.17) is 4.74 Å². The van der Waals surface area contributed by atoms with Gasteiger partial charge < -0.3 is 10.1 Å². The molecule has 126 valence electrons. The van der Waals surface area contributed by atoms with E-state index in [1.165, 1.54) is 19.2 Å². The van der Waals surface area contributed by atoms with Crippen LogP contribution in [0.25, 0.3) is 10.8 Å². The fourth-order valence-electron chi connectivity index (χ4n) is 2.61. The first-order valence-electron chi connectivity index (χ1n) is 7.63. The zero-order valence-corrected chi connectivity index (χ0v) is 13.8. The summed E-state index contributed by atoms with van der Waals surface area (Å²) in [7, 11) is 1.50. The minimum Gasteiger partial charge on any atom is -0.496 e. The zero-order valence-electron chi connectivity index (χ0n) is 13.8. The van der Waals surface area contributed by atoms with Crippen molar-refractivity contribution in [2.75, 3.05) is 12.4 Å². The van der Waals surface area contributed by atoms with Gasteiger partial charge in [0, 0.05) is 12.1 Å². The van der Waals surface area contributed by atoms with E-state index >= 15 is 0 Å². The molecule has 0 radical (unpaired) electrons. The van der Waals surface area contributed by atoms with E-state index < -0.39 is 4.92 Å². The third-order valence-corrected chi connectivity index (χ3v) is 3.99. The summed E-state index contributed by atoms with van der Waals surface area (Å²) in [6.07, 6.45) is 0. The van der Waals surface area contributed by atoms with E-state index in [2.05, 4.69) is 5.32 Å². The zero-order chi connectivity index (χ0) is 18.0. The first-order chi connectivity index (χ1) is 12.0. The molecule has 0 atom stereocenters. The molecule has 0 saturated carbocycles. The number of aryl methyl sites for hydroxylation is 1. The van der Waals surface area contributed by atoms with Crippen molar-refractivity contribution in [2.45, 2.75) is 6.92 Å². The van der Waals surface area contributed by atoms with Crippen molar-refractivity contribution in [3.05, 3.63) is 75.8 Å². The van der Waals surface area contributed by atoms with E-state index in [0.717, 1.165) is 16.3 Å². The van der Waals surface area contributed by atoms with Crippen LogP contribution in [0.15, 0.2) is 54.6 Å². The highest BCUT2D eigenvalue weighted by Gasteiger charge is 2.16. The number of benzene rings is 3. The Morgan fingerprint density at radius 2 is 1.76 bits per heavy atom. The average Bonchev–Trinajstić information content (AvgIpc) is 2.62. The summed E-state index contributed by atoms with van der Waals surface area (Å²) < 4.78 is 5.34. The molecule has 0 saturated heterocycles. The number of amides is 1. The number of hydrogen-bond donors (Lipinski definition) is 1. The maximum Gasteiger partial charge on any atom is 0.271 e. The summed E-state index contributed by atoms with van der Waals surface area (Å²) in [6, 6.07) is 15.5. The van der Waals surface area contributed by atoms with Crippen molar-refractivity contribution in [1.29, 1.82) is 0 Å². The lowest BCUT2D eigenvalue weighted by Crippen LogP contribution is -2.14. The number of rotatable bonds is 4. The summed E-state index contributed by atoms with van der Waals surface area (Å²) in [5, 5.41) is 15.5. The topological polar surface area (TPSA) is 81.5 Å². The Balaban J connectivity index is 2.00. The molecule has 0 unspecified atom stereocenters. The number of anilines is 1. The molecule has 6 nitrogen and oxygen atoms in total. The van der Waals surface area contributed by atoms with Gasteiger partial charge in [-0.2, -0.15) is 0 Å². The fourth-order valence-corrected chi connectivity index (χ4v) is 2.61. The number of nitrogens with zero attached hydrogens (tertiary/aromatic N) is 1. The predicted molar refractivity (Wildman–Crippen MR) is 96.3 cm³/mol. The highest BCUT2D eigenvalue weighted by molar-refractivity contribution is 6.09. The smallest absolute Gasteiger partial charge is 0.271 e. The first-order valence-corrected chi connectivity index (χ1v) is 7.63. The van der Waals surface area contributed by atoms with Crippen LogP contribution in [0.2, 0.25) is 0 Å². The molecule has 0 aliphatic rings. The second kappa shape index (κ2) is 6.60. The molecule has 0 aromatic heterocycles. The third-order valence-electron chi connectivity index (χ3n) is 3.99. The number of nitro groups is 1. The van der Waals surface area contributed by atoms with Gasteiger partial charge >= 0.3 is 0 Å². The Morgan fingerprint density at radius 1 is 1.08 bits per heavy atom. The van der Waals surface area contributed by atoms with E-state index in [0.29, 0.717) is 17.0 Å². The van der Waals surface area contributed by atoms with Crippen LogP contribution < -0.4 is 10.1 Å². The molecule has 0 aliphatic carbocycles. The van der Waals surface area contributed by atoms with Crippen molar-refractivity contribution < 1.29 is 14.5 Å². The predicted octanol–water partition coefficient (Wildman–Crippen LogP) is 4.32. The summed E-state index contributed by atoms with van der Waals surface area (Å²) in [6.45, 7) is 1.77. The highest BCUT2D eigenvalue weighted by Crippen LogP contribution is 2.28. The Labute approximate surface area is 144 Å². The molecule has 0 fully saturated rings. The van der Waals surface area contributed by atoms with Gasteiger partial charge in [-0.3, -0.25) is 14.9 Å². The number of ether oxygens (including phenoxy) is 1. The molecule has 0 bridgehead atoms. The number of nitro benzene ring substituents is 1. The Hall–Kier alpha value is -3.41. The minimum atomic E-state index is -0.494. The Kier molecular flexibility index (Phi) is 4.35. The second-order valence-corrected chi connectivity index (χ2v) is 5.61. The van der Waals surface area contributed by atoms with Crippen LogP contribution >= 0.6 is 0 Å². The summed E-state index contributed by atoms with van der Waals surface area (Å²) in [5.74, 6) is 0.0606. The molecule has 1 amide bonds. The van der Waals surface area contributed by atoms with E-state index in [9.17, 15) is 14.9 Å². The highest BCUT2D eigenvalue weighted by atomic mass is 16.6. The summed E-state index contributed by atoms with van der Waals surface area (Å²) in [4.78, 5) is 23.2. The van der Waals surface area contributed by atoms with Gasteiger partial charge in [-0.25, -0.2) is 0 Å². The number of nitrogens with one attached hydrogen (secondary N) is 1. The van der Waals surface area contributed by atoms with E-state index in [1.807, 2.05) is 24.3 Å². The molecule has 1 N–H and O–H groups in total. The van der Waals surface area contributed by atoms with Gasteiger partial charge in [0.05, 0.1) is 23.3 Å². The molecule has 3 aromatic carbocycles. The maximum atomic E-state index is 12.7. The molecule has 25 heavy (non-hydrogen) atoms. The average molecular weight is 336 g/mol. The van der Waals surface area contributed by atoms with Crippen molar-refractivity contribution in [2.24, 2.45) is 0 Å². The van der Waals surface area contributed by atoms with E-state index in [1.54, 1.807) is 25.1 Å². The third kappa shape index (κ3) is 3.28. The number of methoxy groups -OCH3 is 1. The first kappa shape index (κ1) is 16.4. The lowest BCUT2D eigenvalue weighted by Gasteiger charge is -2.12. The standard InChI is InChI=1S/C19H16N2O4/c1-12-7-8-15(21(23)24)11-17(12)20-19(22)16-9-13-5-3-4-6-14(13)10-18(16)25-2/h3-11H,1-2H3,(H,20,22). The van der Waals surface area contributed by atoms with Gasteiger partial charge in [-0.15, -0.1) is 0 Å². The summed E-state index contributed by atoms with van der Waals surface area (Å²) >= 11 is 0. The maximum absolute atomic E-state index is 12.7. The van der Waals surface area contributed by atoms with Crippen LogP contribution in [0.3, 0.4) is 0 Å². The number of carbonyl (C=O) groups is 1. The van der Waals surface area contributed by atoms with Crippen molar-refractivity contribution in [3.63, 3.8) is 0 Å². The number of hydrogen-bond acceptors (Lipinski definition) is 4. The van der Waals surface area contributed by atoms with Crippen LogP contribution in [0.4, 0.5) is 11.4 Å². The molecule has 6 heteroatoms. The SMILES string of the molecule is COc1cc2ccccc2cc1C(=O)Nc1cc([N+](=O)[O-])ccc1C. The van der Waals surface area contributed by atoms with Crippen molar-refractivity contribution >= 4 is 28.1 Å². The fraction of sp³-hybridized carbons (Fsp3) is 0.105. The van der Waals surface area contributed by atoms with E-state index in [-0.39, 0.29) is 11.6 Å². The van der Waals surface area contributed by atoms with Crippen LogP contribution in [-0.2, 0) is 0 Å². The van der Waals surface area contributed by atoms with Crippen LogP contribution in [-0.4, -0.2) is 17.9 Å². The Bertz CT molecular complexity index is 982. The lowest BCUT2D eigenvalue weighted by molar-refractivity contribution is -0.384. The number of fused-ring (bicyclic) bond motifs is 1. The van der Waals surface area contributed by atoms with Gasteiger partial charge in [-0.1, -0.05) is 30.3 Å². The largest absolute Gasteiger partial charge is 0.496 e. The molecule has 0 aliphatic heterocycles. The normalized spacial score (nSPS) is 10.5. The molecular weight excluding hydrogens is 320 g/mol.